The van der Waals surface area contributed by atoms with Crippen LogP contribution in [-0.4, -0.2) is 57.0 Å². The smallest absolute Gasteiger partial charge is 0.148 e. The molecule has 2 heterocycles. The third kappa shape index (κ3) is 5.65. The predicted molar refractivity (Wildman–Crippen MR) is 92.6 cm³/mol. The Balaban J connectivity index is 1.81. The fourth-order valence-corrected chi connectivity index (χ4v) is 3.30. The normalized spacial score (nSPS) is 21.0. The molecule has 1 N–H and O–H groups in total. The Morgan fingerprint density at radius 1 is 1.41 bits per heavy atom. The van der Waals surface area contributed by atoms with E-state index in [1.807, 2.05) is 6.07 Å². The molecule has 2 rings (SSSR count). The quantitative estimate of drug-likeness (QED) is 0.830. The fraction of sp³-hybridized carbons (Fsp3) is 0.750. The fourth-order valence-electron chi connectivity index (χ4n) is 2.91. The van der Waals surface area contributed by atoms with Gasteiger partial charge in [-0.05, 0) is 57.7 Å². The zero-order valence-corrected chi connectivity index (χ0v) is 14.7. The highest BCUT2D eigenvalue weighted by atomic mass is 32.2. The molecule has 0 radical (unpaired) electrons. The maximum absolute atomic E-state index is 11.0. The average Bonchev–Trinajstić information content (AvgIpc) is 2.49. The lowest BCUT2D eigenvalue weighted by atomic mass is 9.92. The van der Waals surface area contributed by atoms with Gasteiger partial charge in [-0.25, -0.2) is 0 Å². The van der Waals surface area contributed by atoms with Crippen LogP contribution in [0, 0.1) is 5.92 Å². The summed E-state index contributed by atoms with van der Waals surface area (Å²) in [5, 5.41) is 11.7. The zero-order valence-electron chi connectivity index (χ0n) is 13.9. The van der Waals surface area contributed by atoms with E-state index in [1.54, 1.807) is 6.26 Å². The highest BCUT2D eigenvalue weighted by molar-refractivity contribution is 7.84. The molecule has 0 spiro atoms. The van der Waals surface area contributed by atoms with Crippen molar-refractivity contribution in [3.63, 3.8) is 0 Å². The predicted octanol–water partition coefficient (Wildman–Crippen LogP) is 1.93. The molecule has 1 aromatic rings. The Morgan fingerprint density at radius 3 is 2.86 bits per heavy atom. The molecule has 1 aliphatic rings. The first-order valence-corrected chi connectivity index (χ1v) is 9.88. The van der Waals surface area contributed by atoms with Crippen LogP contribution in [0.1, 0.15) is 32.4 Å². The minimum Gasteiger partial charge on any atom is -0.368 e. The van der Waals surface area contributed by atoms with Gasteiger partial charge >= 0.3 is 0 Å². The molecule has 0 amide bonds. The molecule has 2 atom stereocenters. The van der Waals surface area contributed by atoms with Crippen molar-refractivity contribution in [2.75, 3.05) is 37.0 Å². The van der Waals surface area contributed by atoms with Crippen molar-refractivity contribution >= 4 is 16.6 Å². The molecule has 1 saturated heterocycles. The van der Waals surface area contributed by atoms with Gasteiger partial charge in [-0.15, -0.1) is 5.10 Å². The van der Waals surface area contributed by atoms with Crippen LogP contribution < -0.4 is 5.32 Å². The van der Waals surface area contributed by atoms with Gasteiger partial charge in [0.1, 0.15) is 5.82 Å². The highest BCUT2D eigenvalue weighted by Crippen LogP contribution is 2.21. The average molecular weight is 324 g/mol. The van der Waals surface area contributed by atoms with Gasteiger partial charge in [0.05, 0.1) is 5.69 Å². The lowest BCUT2D eigenvalue weighted by molar-refractivity contribution is 0.139. The molecule has 1 aliphatic heterocycles. The lowest BCUT2D eigenvalue weighted by Gasteiger charge is -2.35. The summed E-state index contributed by atoms with van der Waals surface area (Å²) in [6, 6.07) is 4.67. The van der Waals surface area contributed by atoms with Gasteiger partial charge in [0.15, 0.2) is 0 Å². The molecule has 1 fully saturated rings. The zero-order chi connectivity index (χ0) is 15.9. The molecule has 0 bridgehead atoms. The summed E-state index contributed by atoms with van der Waals surface area (Å²) in [6.07, 6.45) is 5.29. The Morgan fingerprint density at radius 2 is 2.23 bits per heavy atom. The summed E-state index contributed by atoms with van der Waals surface area (Å²) in [5.74, 6) is 2.09. The van der Waals surface area contributed by atoms with E-state index in [4.69, 9.17) is 0 Å². The van der Waals surface area contributed by atoms with Crippen LogP contribution in [0.25, 0.3) is 0 Å². The van der Waals surface area contributed by atoms with E-state index in [1.165, 1.54) is 25.9 Å². The maximum Gasteiger partial charge on any atom is 0.148 e. The van der Waals surface area contributed by atoms with E-state index in [-0.39, 0.29) is 0 Å². The van der Waals surface area contributed by atoms with Crippen molar-refractivity contribution in [2.45, 2.75) is 39.2 Å². The van der Waals surface area contributed by atoms with Gasteiger partial charge in [0.2, 0.25) is 0 Å². The summed E-state index contributed by atoms with van der Waals surface area (Å²) in [5.41, 5.74) is 1.07. The third-order valence-electron chi connectivity index (χ3n) is 4.19. The summed E-state index contributed by atoms with van der Waals surface area (Å²) in [4.78, 5) is 2.56. The van der Waals surface area contributed by atoms with Crippen molar-refractivity contribution in [3.8, 4) is 0 Å². The largest absolute Gasteiger partial charge is 0.368 e. The molecule has 1 aromatic heterocycles. The highest BCUT2D eigenvalue weighted by Gasteiger charge is 2.22. The first-order chi connectivity index (χ1) is 10.5. The third-order valence-corrected chi connectivity index (χ3v) is 4.97. The topological polar surface area (TPSA) is 58.1 Å². The van der Waals surface area contributed by atoms with Crippen LogP contribution in [-0.2, 0) is 17.2 Å². The second kappa shape index (κ2) is 8.58. The van der Waals surface area contributed by atoms with Crippen molar-refractivity contribution in [2.24, 2.45) is 5.92 Å². The minimum atomic E-state index is -0.771. The van der Waals surface area contributed by atoms with Gasteiger partial charge in [0.25, 0.3) is 0 Å². The second-order valence-electron chi connectivity index (χ2n) is 6.42. The number of aromatic nitrogens is 2. The number of anilines is 1. The SMILES string of the molecule is CC(C)N1CCCC(Cc2ccc(NCCS(C)=O)nn2)C1. The summed E-state index contributed by atoms with van der Waals surface area (Å²) >= 11 is 0. The summed E-state index contributed by atoms with van der Waals surface area (Å²) in [6.45, 7) is 7.60. The number of nitrogens with one attached hydrogen (secondary N) is 1. The van der Waals surface area contributed by atoms with Crippen LogP contribution in [0.2, 0.25) is 0 Å². The molecule has 22 heavy (non-hydrogen) atoms. The van der Waals surface area contributed by atoms with E-state index in [9.17, 15) is 4.21 Å². The Bertz CT molecular complexity index is 478. The van der Waals surface area contributed by atoms with Crippen molar-refractivity contribution in [3.05, 3.63) is 17.8 Å². The van der Waals surface area contributed by atoms with Gasteiger partial charge < -0.3 is 10.2 Å². The van der Waals surface area contributed by atoms with E-state index in [0.717, 1.165) is 17.9 Å². The Hall–Kier alpha value is -1.01. The van der Waals surface area contributed by atoms with Gasteiger partial charge in [-0.2, -0.15) is 5.10 Å². The Kier molecular flexibility index (Phi) is 6.76. The molecule has 0 aliphatic carbocycles. The minimum absolute atomic E-state index is 0.629. The summed E-state index contributed by atoms with van der Waals surface area (Å²) in [7, 11) is -0.771. The number of rotatable bonds is 7. The number of nitrogens with zero attached hydrogens (tertiary/aromatic N) is 3. The molecule has 0 saturated carbocycles. The lowest BCUT2D eigenvalue weighted by Crippen LogP contribution is -2.40. The first kappa shape index (κ1) is 17.3. The molecule has 0 aromatic carbocycles. The van der Waals surface area contributed by atoms with Crippen LogP contribution in [0.15, 0.2) is 12.1 Å². The number of piperidine rings is 1. The molecular weight excluding hydrogens is 296 g/mol. The van der Waals surface area contributed by atoms with Crippen molar-refractivity contribution < 1.29 is 4.21 Å². The standard InChI is InChI=1S/C16H28N4OS/c1-13(2)20-9-4-5-14(12-20)11-15-6-7-16(19-18-15)17-8-10-22(3)21/h6-7,13-14H,4-5,8-12H2,1-3H3,(H,17,19). The number of hydrogen-bond acceptors (Lipinski definition) is 5. The Labute approximate surface area is 136 Å². The molecule has 5 nitrogen and oxygen atoms in total. The number of likely N-dealkylation sites (tertiary alicyclic amines) is 1. The monoisotopic (exact) mass is 324 g/mol. The van der Waals surface area contributed by atoms with Crippen LogP contribution in [0.4, 0.5) is 5.82 Å². The number of hydrogen-bond donors (Lipinski definition) is 1. The van der Waals surface area contributed by atoms with Crippen molar-refractivity contribution in [1.29, 1.82) is 0 Å². The van der Waals surface area contributed by atoms with Crippen LogP contribution in [0.5, 0.6) is 0 Å². The molecule has 6 heteroatoms. The van der Waals surface area contributed by atoms with Crippen LogP contribution in [0.3, 0.4) is 0 Å². The van der Waals surface area contributed by atoms with E-state index < -0.39 is 10.8 Å². The second-order valence-corrected chi connectivity index (χ2v) is 7.97. The maximum atomic E-state index is 11.0. The van der Waals surface area contributed by atoms with Gasteiger partial charge in [-0.3, -0.25) is 4.21 Å². The van der Waals surface area contributed by atoms with E-state index >= 15 is 0 Å². The van der Waals surface area contributed by atoms with E-state index in [2.05, 4.69) is 40.3 Å². The van der Waals surface area contributed by atoms with Gasteiger partial charge in [0, 0.05) is 41.9 Å². The molecule has 124 valence electrons. The molecular formula is C16H28N4OS. The van der Waals surface area contributed by atoms with E-state index in [0.29, 0.717) is 24.3 Å². The molecule has 2 unspecified atom stereocenters. The van der Waals surface area contributed by atoms with Gasteiger partial charge in [-0.1, -0.05) is 0 Å². The van der Waals surface area contributed by atoms with Crippen molar-refractivity contribution in [1.82, 2.24) is 15.1 Å². The van der Waals surface area contributed by atoms with Crippen LogP contribution >= 0.6 is 0 Å². The summed E-state index contributed by atoms with van der Waals surface area (Å²) < 4.78 is 11.0. The first-order valence-electron chi connectivity index (χ1n) is 8.15.